The fraction of sp³-hybridized carbons (Fsp3) is 0.158. The van der Waals surface area contributed by atoms with Crippen molar-refractivity contribution in [3.8, 4) is 0 Å². The van der Waals surface area contributed by atoms with Crippen molar-refractivity contribution in [2.75, 3.05) is 0 Å². The van der Waals surface area contributed by atoms with Crippen molar-refractivity contribution in [1.82, 2.24) is 10.3 Å². The summed E-state index contributed by atoms with van der Waals surface area (Å²) < 4.78 is 0. The Bertz CT molecular complexity index is 929. The van der Waals surface area contributed by atoms with Crippen molar-refractivity contribution in [2.24, 2.45) is 0 Å². The Balaban J connectivity index is 1.93. The maximum Gasteiger partial charge on any atom is 0.228 e. The van der Waals surface area contributed by atoms with Crippen LogP contribution in [0.4, 0.5) is 0 Å². The molecule has 1 atom stereocenters. The summed E-state index contributed by atoms with van der Waals surface area (Å²) in [5.41, 5.74) is 2.54. The highest BCUT2D eigenvalue weighted by molar-refractivity contribution is 6.28. The van der Waals surface area contributed by atoms with Crippen LogP contribution < -0.4 is 5.32 Å². The third kappa shape index (κ3) is 2.09. The third-order valence-electron chi connectivity index (χ3n) is 4.43. The summed E-state index contributed by atoms with van der Waals surface area (Å²) in [7, 11) is 0. The van der Waals surface area contributed by atoms with E-state index in [1.54, 1.807) is 12.3 Å². The lowest BCUT2D eigenvalue weighted by Gasteiger charge is -2.30. The van der Waals surface area contributed by atoms with E-state index in [0.29, 0.717) is 11.1 Å². The number of fused-ring (bicyclic) bond motifs is 1. The van der Waals surface area contributed by atoms with Gasteiger partial charge in [0.1, 0.15) is 5.69 Å². The predicted octanol–water partition coefficient (Wildman–Crippen LogP) is 2.33. The molecular formula is C19H14N2O3. The van der Waals surface area contributed by atoms with Gasteiger partial charge in [-0.25, -0.2) is 0 Å². The van der Waals surface area contributed by atoms with Crippen molar-refractivity contribution in [2.45, 2.75) is 19.3 Å². The van der Waals surface area contributed by atoms with Crippen LogP contribution in [0, 0.1) is 6.92 Å². The van der Waals surface area contributed by atoms with Gasteiger partial charge in [0.05, 0.1) is 11.3 Å². The van der Waals surface area contributed by atoms with Crippen LogP contribution in [-0.2, 0) is 4.79 Å². The maximum atomic E-state index is 13.0. The number of benzene rings is 1. The van der Waals surface area contributed by atoms with Gasteiger partial charge in [-0.2, -0.15) is 0 Å². The zero-order chi connectivity index (χ0) is 16.8. The molecule has 1 amide bonds. The second kappa shape index (κ2) is 5.23. The molecular weight excluding hydrogens is 304 g/mol. The van der Waals surface area contributed by atoms with Gasteiger partial charge in [-0.1, -0.05) is 30.3 Å². The summed E-state index contributed by atoms with van der Waals surface area (Å²) in [5, 5.41) is 2.58. The zero-order valence-corrected chi connectivity index (χ0v) is 13.0. The van der Waals surface area contributed by atoms with Crippen molar-refractivity contribution in [3.05, 3.63) is 76.2 Å². The van der Waals surface area contributed by atoms with Crippen LogP contribution in [0.25, 0.3) is 0 Å². The van der Waals surface area contributed by atoms with Crippen LogP contribution in [0.3, 0.4) is 0 Å². The van der Waals surface area contributed by atoms with Gasteiger partial charge in [0.2, 0.25) is 11.7 Å². The van der Waals surface area contributed by atoms with Gasteiger partial charge in [0.25, 0.3) is 0 Å². The summed E-state index contributed by atoms with van der Waals surface area (Å²) in [6.07, 6.45) is 1.70. The van der Waals surface area contributed by atoms with Crippen LogP contribution in [0.2, 0.25) is 0 Å². The van der Waals surface area contributed by atoms with Gasteiger partial charge in [-0.05, 0) is 24.1 Å². The van der Waals surface area contributed by atoms with E-state index in [-0.39, 0.29) is 29.5 Å². The van der Waals surface area contributed by atoms with E-state index in [4.69, 9.17) is 0 Å². The molecule has 1 aromatic carbocycles. The van der Waals surface area contributed by atoms with Crippen LogP contribution in [0.1, 0.15) is 44.3 Å². The zero-order valence-electron chi connectivity index (χ0n) is 13.0. The minimum absolute atomic E-state index is 0.0777. The van der Waals surface area contributed by atoms with Gasteiger partial charge in [-0.3, -0.25) is 19.4 Å². The van der Waals surface area contributed by atoms with Gasteiger partial charge < -0.3 is 5.32 Å². The van der Waals surface area contributed by atoms with Gasteiger partial charge >= 0.3 is 0 Å². The number of hydrogen-bond acceptors (Lipinski definition) is 4. The van der Waals surface area contributed by atoms with Crippen molar-refractivity contribution >= 4 is 17.5 Å². The molecule has 0 radical (unpaired) electrons. The van der Waals surface area contributed by atoms with Crippen molar-refractivity contribution in [3.63, 3.8) is 0 Å². The highest BCUT2D eigenvalue weighted by Gasteiger charge is 2.41. The van der Waals surface area contributed by atoms with E-state index in [1.165, 1.54) is 0 Å². The van der Waals surface area contributed by atoms with Crippen LogP contribution in [0.15, 0.2) is 53.9 Å². The number of aromatic nitrogens is 1. The lowest BCUT2D eigenvalue weighted by molar-refractivity contribution is -0.121. The molecule has 0 bridgehead atoms. The number of Topliss-reactive ketones (excluding diaryl/α,β-unsaturated/α-hetero) is 2. The number of amides is 1. The van der Waals surface area contributed by atoms with Crippen LogP contribution in [0.5, 0.6) is 0 Å². The molecule has 0 spiro atoms. The monoisotopic (exact) mass is 318 g/mol. The number of allylic oxidation sites excluding steroid dienone is 2. The first-order chi connectivity index (χ1) is 11.6. The Morgan fingerprint density at radius 3 is 2.58 bits per heavy atom. The number of carbonyl (C=O) groups is 3. The van der Waals surface area contributed by atoms with E-state index >= 15 is 0 Å². The minimum Gasteiger partial charge on any atom is -0.322 e. The molecule has 2 heterocycles. The summed E-state index contributed by atoms with van der Waals surface area (Å²) in [4.78, 5) is 42.0. The number of aryl methyl sites for hydroxylation is 1. The molecule has 5 heteroatoms. The number of pyridine rings is 1. The third-order valence-corrected chi connectivity index (χ3v) is 4.43. The Morgan fingerprint density at radius 1 is 1.08 bits per heavy atom. The second-order valence-electron chi connectivity index (χ2n) is 6.07. The molecule has 4 rings (SSSR count). The molecule has 5 nitrogen and oxygen atoms in total. The number of nitrogens with zero attached hydrogens (tertiary/aromatic N) is 1. The van der Waals surface area contributed by atoms with E-state index in [9.17, 15) is 14.4 Å². The first-order valence-corrected chi connectivity index (χ1v) is 7.71. The predicted molar refractivity (Wildman–Crippen MR) is 86.6 cm³/mol. The van der Waals surface area contributed by atoms with Crippen LogP contribution >= 0.6 is 0 Å². The first kappa shape index (κ1) is 14.5. The average molecular weight is 318 g/mol. The molecule has 24 heavy (non-hydrogen) atoms. The fourth-order valence-corrected chi connectivity index (χ4v) is 3.33. The molecule has 0 saturated heterocycles. The number of nitrogens with one attached hydrogen (secondary N) is 1. The smallest absolute Gasteiger partial charge is 0.228 e. The van der Waals surface area contributed by atoms with Gasteiger partial charge in [-0.15, -0.1) is 0 Å². The molecule has 0 fully saturated rings. The first-order valence-electron chi connectivity index (χ1n) is 7.71. The van der Waals surface area contributed by atoms with Crippen molar-refractivity contribution in [1.29, 1.82) is 0 Å². The number of carbonyl (C=O) groups excluding carboxylic acids is 3. The molecule has 0 saturated carbocycles. The average Bonchev–Trinajstić information content (AvgIpc) is 2.59. The van der Waals surface area contributed by atoms with E-state index in [0.717, 1.165) is 11.1 Å². The summed E-state index contributed by atoms with van der Waals surface area (Å²) in [6, 6.07) is 11.0. The molecule has 2 aromatic rings. The second-order valence-corrected chi connectivity index (χ2v) is 6.07. The van der Waals surface area contributed by atoms with E-state index in [1.807, 2.05) is 37.3 Å². The summed E-state index contributed by atoms with van der Waals surface area (Å²) in [6.45, 7) is 1.83. The molecule has 118 valence electrons. The molecule has 2 aliphatic rings. The van der Waals surface area contributed by atoms with E-state index < -0.39 is 11.7 Å². The number of ketones is 2. The maximum absolute atomic E-state index is 13.0. The highest BCUT2D eigenvalue weighted by Crippen LogP contribution is 2.38. The number of hydrogen-bond donors (Lipinski definition) is 1. The quantitative estimate of drug-likeness (QED) is 0.875. The molecule has 1 aliphatic carbocycles. The molecule has 1 N–H and O–H groups in total. The lowest BCUT2D eigenvalue weighted by Crippen LogP contribution is -2.41. The van der Waals surface area contributed by atoms with Gasteiger partial charge in [0, 0.05) is 24.1 Å². The summed E-state index contributed by atoms with van der Waals surface area (Å²) >= 11 is 0. The highest BCUT2D eigenvalue weighted by atomic mass is 16.2. The van der Waals surface area contributed by atoms with E-state index in [2.05, 4.69) is 10.3 Å². The Kier molecular flexibility index (Phi) is 3.16. The molecule has 1 unspecified atom stereocenters. The standard InChI is InChI=1S/C19H14N2O3/c1-10-7-13-16(20-9-10)19(24)17-15(18(13)23)12(8-14(22)21-17)11-5-3-2-4-6-11/h2-7,9,12H,8H2,1H3,(H,21,22). The van der Waals surface area contributed by atoms with Gasteiger partial charge in [0.15, 0.2) is 5.78 Å². The SMILES string of the molecule is Cc1cnc2c(c1)C(=O)C1=C(NC(=O)CC1c1ccccc1)C2=O. The van der Waals surface area contributed by atoms with Crippen LogP contribution in [-0.4, -0.2) is 22.5 Å². The Morgan fingerprint density at radius 2 is 1.83 bits per heavy atom. The Labute approximate surface area is 138 Å². The fourth-order valence-electron chi connectivity index (χ4n) is 3.33. The number of rotatable bonds is 1. The normalized spacial score (nSPS) is 19.7. The minimum atomic E-state index is -0.417. The topological polar surface area (TPSA) is 76.1 Å². The molecule has 1 aromatic heterocycles. The molecule has 1 aliphatic heterocycles. The summed E-state index contributed by atoms with van der Waals surface area (Å²) in [5.74, 6) is -1.31. The largest absolute Gasteiger partial charge is 0.322 e. The van der Waals surface area contributed by atoms with Crippen molar-refractivity contribution < 1.29 is 14.4 Å². The Hall–Kier alpha value is -3.08. The lowest BCUT2D eigenvalue weighted by atomic mass is 9.76.